The van der Waals surface area contributed by atoms with Gasteiger partial charge in [0, 0.05) is 19.7 Å². The standard InChI is InChI=1S/C13H20N2O3S/c1-10-6-13(3-2-12(10)7-14)19(16,17)15-8-11-4-5-18-9-11/h2-3,6,11,15H,4-5,7-9,14H2,1H3. The zero-order valence-corrected chi connectivity index (χ0v) is 11.9. The molecule has 1 unspecified atom stereocenters. The van der Waals surface area contributed by atoms with Crippen LogP contribution in [0.25, 0.3) is 0 Å². The summed E-state index contributed by atoms with van der Waals surface area (Å²) in [5.41, 5.74) is 7.43. The summed E-state index contributed by atoms with van der Waals surface area (Å²) in [6.07, 6.45) is 0.910. The molecule has 0 radical (unpaired) electrons. The molecule has 3 N–H and O–H groups in total. The summed E-state index contributed by atoms with van der Waals surface area (Å²) in [7, 11) is -3.44. The first-order valence-corrected chi connectivity index (χ1v) is 7.88. The minimum atomic E-state index is -3.44. The fourth-order valence-electron chi connectivity index (χ4n) is 2.12. The molecule has 1 atom stereocenters. The summed E-state index contributed by atoms with van der Waals surface area (Å²) in [5.74, 6) is 0.277. The maximum atomic E-state index is 12.2. The Morgan fingerprint density at radius 2 is 2.26 bits per heavy atom. The molecule has 1 aromatic carbocycles. The average molecular weight is 284 g/mol. The van der Waals surface area contributed by atoms with E-state index in [9.17, 15) is 8.42 Å². The molecule has 2 rings (SSSR count). The van der Waals surface area contributed by atoms with Gasteiger partial charge in [0.2, 0.25) is 10.0 Å². The lowest BCUT2D eigenvalue weighted by Crippen LogP contribution is -2.29. The van der Waals surface area contributed by atoms with E-state index in [0.29, 0.717) is 24.6 Å². The van der Waals surface area contributed by atoms with Gasteiger partial charge < -0.3 is 10.5 Å². The van der Waals surface area contributed by atoms with Gasteiger partial charge in [-0.05, 0) is 42.5 Å². The summed E-state index contributed by atoms with van der Waals surface area (Å²) >= 11 is 0. The van der Waals surface area contributed by atoms with Gasteiger partial charge in [-0.2, -0.15) is 0 Å². The van der Waals surface area contributed by atoms with Crippen LogP contribution in [0.15, 0.2) is 23.1 Å². The summed E-state index contributed by atoms with van der Waals surface area (Å²) in [6.45, 7) is 4.06. The van der Waals surface area contributed by atoms with Crippen molar-refractivity contribution in [3.63, 3.8) is 0 Å². The van der Waals surface area contributed by atoms with Crippen LogP contribution in [0.3, 0.4) is 0 Å². The van der Waals surface area contributed by atoms with Crippen LogP contribution < -0.4 is 10.5 Å². The van der Waals surface area contributed by atoms with Crippen LogP contribution in [0.5, 0.6) is 0 Å². The normalized spacial score (nSPS) is 19.8. The molecule has 5 nitrogen and oxygen atoms in total. The molecule has 1 aliphatic heterocycles. The van der Waals surface area contributed by atoms with Gasteiger partial charge >= 0.3 is 0 Å². The van der Waals surface area contributed by atoms with Crippen molar-refractivity contribution in [3.05, 3.63) is 29.3 Å². The molecule has 1 aromatic rings. The van der Waals surface area contributed by atoms with E-state index in [-0.39, 0.29) is 5.92 Å². The fraction of sp³-hybridized carbons (Fsp3) is 0.538. The molecule has 19 heavy (non-hydrogen) atoms. The average Bonchev–Trinajstić information content (AvgIpc) is 2.89. The topological polar surface area (TPSA) is 81.4 Å². The fourth-order valence-corrected chi connectivity index (χ4v) is 3.32. The summed E-state index contributed by atoms with van der Waals surface area (Å²) < 4.78 is 32.2. The molecule has 6 heteroatoms. The quantitative estimate of drug-likeness (QED) is 0.837. The molecule has 1 saturated heterocycles. The Morgan fingerprint density at radius 3 is 2.84 bits per heavy atom. The third-order valence-corrected chi connectivity index (χ3v) is 4.85. The monoisotopic (exact) mass is 284 g/mol. The van der Waals surface area contributed by atoms with Crippen molar-refractivity contribution in [1.29, 1.82) is 0 Å². The van der Waals surface area contributed by atoms with Crippen LogP contribution in [0.2, 0.25) is 0 Å². The molecular formula is C13H20N2O3S. The summed E-state index contributed by atoms with van der Waals surface area (Å²) in [6, 6.07) is 5.03. The first kappa shape index (κ1) is 14.5. The van der Waals surface area contributed by atoms with Crippen molar-refractivity contribution < 1.29 is 13.2 Å². The third-order valence-electron chi connectivity index (χ3n) is 3.43. The van der Waals surface area contributed by atoms with Crippen molar-refractivity contribution >= 4 is 10.0 Å². The van der Waals surface area contributed by atoms with Crippen molar-refractivity contribution in [2.75, 3.05) is 19.8 Å². The maximum absolute atomic E-state index is 12.2. The second-order valence-corrected chi connectivity index (χ2v) is 6.64. The number of benzene rings is 1. The second-order valence-electron chi connectivity index (χ2n) is 4.87. The lowest BCUT2D eigenvalue weighted by atomic mass is 10.1. The first-order valence-electron chi connectivity index (χ1n) is 6.40. The SMILES string of the molecule is Cc1cc(S(=O)(=O)NCC2CCOC2)ccc1CN. The highest BCUT2D eigenvalue weighted by Crippen LogP contribution is 2.16. The predicted molar refractivity (Wildman–Crippen MR) is 73.2 cm³/mol. The molecule has 0 aliphatic carbocycles. The van der Waals surface area contributed by atoms with Crippen LogP contribution >= 0.6 is 0 Å². The highest BCUT2D eigenvalue weighted by Gasteiger charge is 2.20. The maximum Gasteiger partial charge on any atom is 0.240 e. The number of nitrogens with one attached hydrogen (secondary N) is 1. The molecule has 0 aromatic heterocycles. The van der Waals surface area contributed by atoms with Gasteiger partial charge in [-0.3, -0.25) is 0 Å². The van der Waals surface area contributed by atoms with Gasteiger partial charge in [-0.25, -0.2) is 13.1 Å². The molecular weight excluding hydrogens is 264 g/mol. The van der Waals surface area contributed by atoms with Crippen molar-refractivity contribution in [2.45, 2.75) is 24.8 Å². The number of rotatable bonds is 5. The van der Waals surface area contributed by atoms with Gasteiger partial charge in [0.15, 0.2) is 0 Å². The van der Waals surface area contributed by atoms with Crippen LogP contribution in [0, 0.1) is 12.8 Å². The number of ether oxygens (including phenoxy) is 1. The number of sulfonamides is 1. The molecule has 1 fully saturated rings. The molecule has 1 heterocycles. The van der Waals surface area contributed by atoms with E-state index < -0.39 is 10.0 Å². The lowest BCUT2D eigenvalue weighted by Gasteiger charge is -2.11. The predicted octanol–water partition coefficient (Wildman–Crippen LogP) is 0.769. The minimum Gasteiger partial charge on any atom is -0.381 e. The number of hydrogen-bond acceptors (Lipinski definition) is 4. The largest absolute Gasteiger partial charge is 0.381 e. The van der Waals surface area contributed by atoms with Crippen LogP contribution in [-0.4, -0.2) is 28.2 Å². The Kier molecular flexibility index (Phi) is 4.57. The number of nitrogens with two attached hydrogens (primary N) is 1. The second kappa shape index (κ2) is 6.00. The van der Waals surface area contributed by atoms with Gasteiger partial charge in [-0.1, -0.05) is 6.07 Å². The van der Waals surface area contributed by atoms with Gasteiger partial charge in [0.1, 0.15) is 0 Å². The lowest BCUT2D eigenvalue weighted by molar-refractivity contribution is 0.186. The molecule has 1 aliphatic rings. The van der Waals surface area contributed by atoms with Crippen LogP contribution in [0.4, 0.5) is 0 Å². The van der Waals surface area contributed by atoms with E-state index in [1.54, 1.807) is 18.2 Å². The summed E-state index contributed by atoms with van der Waals surface area (Å²) in [5, 5.41) is 0. The van der Waals surface area contributed by atoms with Crippen molar-refractivity contribution in [3.8, 4) is 0 Å². The van der Waals surface area contributed by atoms with Crippen LogP contribution in [-0.2, 0) is 21.3 Å². The smallest absolute Gasteiger partial charge is 0.240 e. The summed E-state index contributed by atoms with van der Waals surface area (Å²) in [4.78, 5) is 0.293. The van der Waals surface area contributed by atoms with Gasteiger partial charge in [-0.15, -0.1) is 0 Å². The first-order chi connectivity index (χ1) is 9.03. The van der Waals surface area contributed by atoms with E-state index in [1.165, 1.54) is 0 Å². The van der Waals surface area contributed by atoms with Gasteiger partial charge in [0.05, 0.1) is 11.5 Å². The molecule has 0 bridgehead atoms. The van der Waals surface area contributed by atoms with E-state index in [4.69, 9.17) is 10.5 Å². The molecule has 0 saturated carbocycles. The minimum absolute atomic E-state index is 0.277. The van der Waals surface area contributed by atoms with Gasteiger partial charge in [0.25, 0.3) is 0 Å². The highest BCUT2D eigenvalue weighted by atomic mass is 32.2. The Labute approximate surface area is 114 Å². The number of aryl methyl sites for hydroxylation is 1. The van der Waals surface area contributed by atoms with E-state index in [1.807, 2.05) is 6.92 Å². The Hall–Kier alpha value is -0.950. The molecule has 0 amide bonds. The Bertz CT molecular complexity index is 537. The van der Waals surface area contributed by atoms with Crippen molar-refractivity contribution in [2.24, 2.45) is 11.7 Å². The highest BCUT2D eigenvalue weighted by molar-refractivity contribution is 7.89. The van der Waals surface area contributed by atoms with E-state index >= 15 is 0 Å². The van der Waals surface area contributed by atoms with E-state index in [2.05, 4.69) is 4.72 Å². The van der Waals surface area contributed by atoms with Crippen molar-refractivity contribution in [1.82, 2.24) is 4.72 Å². The Balaban J connectivity index is 2.08. The van der Waals surface area contributed by atoms with E-state index in [0.717, 1.165) is 24.2 Å². The zero-order valence-electron chi connectivity index (χ0n) is 11.1. The Morgan fingerprint density at radius 1 is 1.47 bits per heavy atom. The number of hydrogen-bond donors (Lipinski definition) is 2. The van der Waals surface area contributed by atoms with Crippen LogP contribution in [0.1, 0.15) is 17.5 Å². The molecule has 0 spiro atoms. The molecule has 106 valence electrons. The zero-order chi connectivity index (χ0) is 13.9. The third kappa shape index (κ3) is 3.54.